The summed E-state index contributed by atoms with van der Waals surface area (Å²) in [5.74, 6) is -0.151. The molecule has 140 valence electrons. The summed E-state index contributed by atoms with van der Waals surface area (Å²) in [5.41, 5.74) is 0.358. The highest BCUT2D eigenvalue weighted by Gasteiger charge is 2.44. The standard InChI is InChI=1S/C19H23NO5S/c21-18(22)19(10-4-5-11-19)20-26(23,24)13-8-9-15-14-6-2-1-3-7-16(14)25-17(15)12-13/h8-9,12,20H,1-7,10-11H2,(H,21,22). The molecule has 1 saturated carbocycles. The second-order valence-electron chi connectivity index (χ2n) is 7.42. The van der Waals surface area contributed by atoms with Crippen LogP contribution in [0.4, 0.5) is 0 Å². The zero-order chi connectivity index (χ0) is 18.4. The highest BCUT2D eigenvalue weighted by molar-refractivity contribution is 7.89. The Bertz CT molecular complexity index is 954. The predicted octanol–water partition coefficient (Wildman–Crippen LogP) is 3.38. The lowest BCUT2D eigenvalue weighted by Gasteiger charge is -2.24. The van der Waals surface area contributed by atoms with Crippen LogP contribution in [0.25, 0.3) is 11.0 Å². The van der Waals surface area contributed by atoms with Gasteiger partial charge in [-0.05, 0) is 44.2 Å². The number of sulfonamides is 1. The molecule has 6 nitrogen and oxygen atoms in total. The third-order valence-corrected chi connectivity index (χ3v) is 7.22. The molecule has 26 heavy (non-hydrogen) atoms. The van der Waals surface area contributed by atoms with E-state index in [1.807, 2.05) is 0 Å². The smallest absolute Gasteiger partial charge is 0.324 e. The fraction of sp³-hybridized carbons (Fsp3) is 0.526. The van der Waals surface area contributed by atoms with Crippen LogP contribution < -0.4 is 4.72 Å². The lowest BCUT2D eigenvalue weighted by Crippen LogP contribution is -2.52. The summed E-state index contributed by atoms with van der Waals surface area (Å²) >= 11 is 0. The minimum absolute atomic E-state index is 0.0569. The van der Waals surface area contributed by atoms with Crippen LogP contribution >= 0.6 is 0 Å². The molecular formula is C19H23NO5S. The fourth-order valence-corrected chi connectivity index (χ4v) is 5.68. The van der Waals surface area contributed by atoms with Gasteiger partial charge in [-0.2, -0.15) is 4.72 Å². The highest BCUT2D eigenvalue weighted by Crippen LogP contribution is 2.34. The number of hydrogen-bond acceptors (Lipinski definition) is 4. The van der Waals surface area contributed by atoms with Gasteiger partial charge in [-0.15, -0.1) is 0 Å². The van der Waals surface area contributed by atoms with Crippen molar-refractivity contribution in [2.45, 2.75) is 68.2 Å². The highest BCUT2D eigenvalue weighted by atomic mass is 32.2. The first-order valence-electron chi connectivity index (χ1n) is 9.23. The van der Waals surface area contributed by atoms with Crippen molar-refractivity contribution in [1.29, 1.82) is 0 Å². The molecule has 0 bridgehead atoms. The van der Waals surface area contributed by atoms with Crippen molar-refractivity contribution >= 4 is 27.0 Å². The van der Waals surface area contributed by atoms with Gasteiger partial charge >= 0.3 is 5.97 Å². The first-order chi connectivity index (χ1) is 12.4. The molecule has 0 unspecified atom stereocenters. The lowest BCUT2D eigenvalue weighted by atomic mass is 10.0. The Morgan fingerprint density at radius 3 is 2.54 bits per heavy atom. The van der Waals surface area contributed by atoms with Gasteiger partial charge in [0.25, 0.3) is 0 Å². The molecule has 2 aromatic rings. The topological polar surface area (TPSA) is 96.6 Å². The van der Waals surface area contributed by atoms with Crippen LogP contribution in [0.1, 0.15) is 56.3 Å². The maximum atomic E-state index is 12.8. The number of benzene rings is 1. The summed E-state index contributed by atoms with van der Waals surface area (Å²) < 4.78 is 34.0. The summed E-state index contributed by atoms with van der Waals surface area (Å²) in [4.78, 5) is 11.7. The third kappa shape index (κ3) is 2.93. The molecule has 1 aromatic heterocycles. The SMILES string of the molecule is O=C(O)C1(NS(=O)(=O)c2ccc3c4c(oc3c2)CCCCC4)CCCC1. The summed E-state index contributed by atoms with van der Waals surface area (Å²) in [6, 6.07) is 4.87. The van der Waals surface area contributed by atoms with Gasteiger partial charge in [-0.25, -0.2) is 8.42 Å². The number of carboxylic acid groups (broad SMARTS) is 1. The Morgan fingerprint density at radius 1 is 1.08 bits per heavy atom. The monoisotopic (exact) mass is 377 g/mol. The summed E-state index contributed by atoms with van der Waals surface area (Å²) in [5, 5.41) is 10.5. The molecule has 0 radical (unpaired) electrons. The number of aryl methyl sites for hydroxylation is 2. The minimum atomic E-state index is -3.94. The van der Waals surface area contributed by atoms with Crippen molar-refractivity contribution in [2.75, 3.05) is 0 Å². The number of nitrogens with one attached hydrogen (secondary N) is 1. The zero-order valence-corrected chi connectivity index (χ0v) is 15.4. The molecule has 2 N–H and O–H groups in total. The molecule has 0 spiro atoms. The van der Waals surface area contributed by atoms with Crippen LogP contribution in [0.15, 0.2) is 27.5 Å². The zero-order valence-electron chi connectivity index (χ0n) is 14.6. The van der Waals surface area contributed by atoms with Crippen molar-refractivity contribution in [2.24, 2.45) is 0 Å². The van der Waals surface area contributed by atoms with E-state index in [-0.39, 0.29) is 4.90 Å². The molecule has 2 aliphatic carbocycles. The second kappa shape index (κ2) is 6.39. The average molecular weight is 377 g/mol. The first kappa shape index (κ1) is 17.5. The van der Waals surface area contributed by atoms with Gasteiger partial charge in [0.1, 0.15) is 16.9 Å². The van der Waals surface area contributed by atoms with E-state index in [0.29, 0.717) is 31.3 Å². The maximum Gasteiger partial charge on any atom is 0.324 e. The van der Waals surface area contributed by atoms with E-state index in [0.717, 1.165) is 36.8 Å². The molecule has 1 heterocycles. The Morgan fingerprint density at radius 2 is 1.81 bits per heavy atom. The minimum Gasteiger partial charge on any atom is -0.480 e. The van der Waals surface area contributed by atoms with Gasteiger partial charge in [0.05, 0.1) is 4.90 Å². The van der Waals surface area contributed by atoms with E-state index < -0.39 is 21.5 Å². The van der Waals surface area contributed by atoms with Crippen molar-refractivity contribution in [1.82, 2.24) is 4.72 Å². The van der Waals surface area contributed by atoms with Crippen LogP contribution in [0.5, 0.6) is 0 Å². The number of carbonyl (C=O) groups is 1. The number of rotatable bonds is 4. The van der Waals surface area contributed by atoms with Crippen molar-refractivity contribution in [3.63, 3.8) is 0 Å². The predicted molar refractivity (Wildman–Crippen MR) is 96.6 cm³/mol. The van der Waals surface area contributed by atoms with Crippen LogP contribution in [-0.4, -0.2) is 25.0 Å². The Balaban J connectivity index is 1.70. The van der Waals surface area contributed by atoms with E-state index >= 15 is 0 Å². The van der Waals surface area contributed by atoms with Crippen LogP contribution in [0.3, 0.4) is 0 Å². The van der Waals surface area contributed by atoms with E-state index in [9.17, 15) is 18.3 Å². The number of aliphatic carboxylic acids is 1. The molecule has 4 rings (SSSR count). The van der Waals surface area contributed by atoms with E-state index in [1.165, 1.54) is 18.1 Å². The summed E-state index contributed by atoms with van der Waals surface area (Å²) in [6.45, 7) is 0. The van der Waals surface area contributed by atoms with Gasteiger partial charge in [0.2, 0.25) is 10.0 Å². The molecule has 2 aliphatic rings. The van der Waals surface area contributed by atoms with Gasteiger partial charge in [-0.3, -0.25) is 4.79 Å². The van der Waals surface area contributed by atoms with Gasteiger partial charge in [0.15, 0.2) is 0 Å². The third-order valence-electron chi connectivity index (χ3n) is 5.69. The molecule has 0 aliphatic heterocycles. The Hall–Kier alpha value is -1.86. The van der Waals surface area contributed by atoms with Gasteiger partial charge < -0.3 is 9.52 Å². The fourth-order valence-electron chi connectivity index (χ4n) is 4.24. The maximum absolute atomic E-state index is 12.8. The second-order valence-corrected chi connectivity index (χ2v) is 9.10. The quantitative estimate of drug-likeness (QED) is 0.796. The number of furan rings is 1. The molecule has 0 amide bonds. The molecule has 1 fully saturated rings. The largest absolute Gasteiger partial charge is 0.480 e. The van der Waals surface area contributed by atoms with Crippen molar-refractivity contribution < 1.29 is 22.7 Å². The van der Waals surface area contributed by atoms with E-state index in [1.54, 1.807) is 12.1 Å². The van der Waals surface area contributed by atoms with E-state index in [4.69, 9.17) is 4.42 Å². The molecular weight excluding hydrogens is 354 g/mol. The summed E-state index contributed by atoms with van der Waals surface area (Å²) in [6.07, 6.45) is 7.26. The average Bonchev–Trinajstić information content (AvgIpc) is 3.13. The number of hydrogen-bond donors (Lipinski definition) is 2. The first-order valence-corrected chi connectivity index (χ1v) is 10.7. The van der Waals surface area contributed by atoms with Crippen LogP contribution in [0.2, 0.25) is 0 Å². The Kier molecular flexibility index (Phi) is 4.31. The molecule has 1 aromatic carbocycles. The Labute approximate surface area is 152 Å². The lowest BCUT2D eigenvalue weighted by molar-refractivity contribution is -0.143. The van der Waals surface area contributed by atoms with Crippen LogP contribution in [-0.2, 0) is 27.7 Å². The normalized spacial score (nSPS) is 20.0. The van der Waals surface area contributed by atoms with Gasteiger partial charge in [0, 0.05) is 23.4 Å². The molecule has 0 atom stereocenters. The molecule has 7 heteroatoms. The van der Waals surface area contributed by atoms with E-state index in [2.05, 4.69) is 4.72 Å². The van der Waals surface area contributed by atoms with Crippen molar-refractivity contribution in [3.05, 3.63) is 29.5 Å². The van der Waals surface area contributed by atoms with Crippen molar-refractivity contribution in [3.8, 4) is 0 Å². The van der Waals surface area contributed by atoms with Crippen LogP contribution in [0, 0.1) is 0 Å². The number of carboxylic acids is 1. The summed E-state index contributed by atoms with van der Waals surface area (Å²) in [7, 11) is -3.94. The van der Waals surface area contributed by atoms with Gasteiger partial charge in [-0.1, -0.05) is 19.3 Å². The number of fused-ring (bicyclic) bond motifs is 3. The molecule has 0 saturated heterocycles.